The van der Waals surface area contributed by atoms with E-state index < -0.39 is 84.6 Å². The Morgan fingerprint density at radius 1 is 0.925 bits per heavy atom. The van der Waals surface area contributed by atoms with E-state index in [4.69, 9.17) is 10.5 Å². The van der Waals surface area contributed by atoms with Crippen molar-refractivity contribution in [1.29, 1.82) is 0 Å². The van der Waals surface area contributed by atoms with Crippen LogP contribution in [0.2, 0.25) is 0 Å². The van der Waals surface area contributed by atoms with E-state index in [1.807, 2.05) is 0 Å². The number of carbonyl (C=O) groups is 3. The molecule has 2 amide bonds. The Morgan fingerprint density at radius 3 is 2.30 bits per heavy atom. The van der Waals surface area contributed by atoms with Gasteiger partial charge in [0.15, 0.2) is 22.8 Å². The molecule has 1 fully saturated rings. The minimum Gasteiger partial charge on any atom is -0.386 e. The van der Waals surface area contributed by atoms with Gasteiger partial charge in [-0.1, -0.05) is 95.9 Å². The zero-order valence-electron chi connectivity index (χ0n) is 36.9. The lowest BCUT2D eigenvalue weighted by molar-refractivity contribution is -0.494. The van der Waals surface area contributed by atoms with Gasteiger partial charge in [0.1, 0.15) is 42.9 Å². The number of aliphatic hydroxyl groups excluding tert-OH is 2. The predicted molar refractivity (Wildman–Crippen MR) is 232 cm³/mol. The molecule has 10 N–H and O–H groups in total. The molecule has 2 aromatic heterocycles. The fourth-order valence-corrected chi connectivity index (χ4v) is 8.25. The molecule has 0 aromatic carbocycles. The average molecular weight is 1040 g/mol. The number of nitrogen functional groups attached to an aromatic ring is 1. The summed E-state index contributed by atoms with van der Waals surface area (Å²) in [5, 5.41) is 34.3. The minimum absolute atomic E-state index is 0.0257. The summed E-state index contributed by atoms with van der Waals surface area (Å²) >= 11 is 1.14. The number of rotatable bonds is 34. The van der Waals surface area contributed by atoms with E-state index in [1.54, 1.807) is 0 Å². The molecular formula is C35H60N7O21P3S. The largest absolute Gasteiger partial charge is 0.531 e. The number of carbonyl (C=O) groups excluding carboxylic acids is 3. The maximum Gasteiger partial charge on any atom is 0.531 e. The second-order valence-corrected chi connectivity index (χ2v) is 20.4. The number of nitrogens with zero attached hydrogens (tertiary/aromatic N) is 4. The molecule has 3 heterocycles. The molecule has 0 aliphatic carbocycles. The van der Waals surface area contributed by atoms with E-state index in [-0.39, 0.29) is 41.6 Å². The first-order valence-corrected chi connectivity index (χ1v) is 26.4. The summed E-state index contributed by atoms with van der Waals surface area (Å²) in [7, 11) is -16.1. The van der Waals surface area contributed by atoms with Gasteiger partial charge in [-0.3, -0.25) is 32.9 Å². The molecular weight excluding hydrogens is 979 g/mol. The van der Waals surface area contributed by atoms with Gasteiger partial charge in [-0.15, -0.1) is 0 Å². The molecule has 1 aliphatic heterocycles. The predicted octanol–water partition coefficient (Wildman–Crippen LogP) is 2.87. The summed E-state index contributed by atoms with van der Waals surface area (Å²) in [6.45, 7) is 2.97. The van der Waals surface area contributed by atoms with Gasteiger partial charge in [0.2, 0.25) is 11.8 Å². The molecule has 1 aliphatic rings. The van der Waals surface area contributed by atoms with Crippen LogP contribution in [0.15, 0.2) is 24.8 Å². The third kappa shape index (κ3) is 21.8. The van der Waals surface area contributed by atoms with Crippen LogP contribution in [0.25, 0.3) is 11.2 Å². The summed E-state index contributed by atoms with van der Waals surface area (Å²) < 4.78 is 63.9. The Bertz CT molecular complexity index is 2050. The smallest absolute Gasteiger partial charge is 0.386 e. The number of allylic oxidation sites excluding steroid dienone is 2. The molecule has 382 valence electrons. The lowest BCUT2D eigenvalue weighted by Crippen LogP contribution is -2.46. The van der Waals surface area contributed by atoms with Crippen molar-refractivity contribution < 1.29 is 101 Å². The van der Waals surface area contributed by atoms with Gasteiger partial charge in [0, 0.05) is 37.1 Å². The van der Waals surface area contributed by atoms with Gasteiger partial charge >= 0.3 is 23.5 Å². The van der Waals surface area contributed by atoms with Crippen molar-refractivity contribution in [3.63, 3.8) is 0 Å². The van der Waals surface area contributed by atoms with Crippen molar-refractivity contribution in [2.45, 2.75) is 122 Å². The third-order valence-electron chi connectivity index (χ3n) is 9.46. The number of hydrogen-bond acceptors (Lipinski definition) is 22. The molecule has 0 spiro atoms. The monoisotopic (exact) mass is 1040 g/mol. The zero-order chi connectivity index (χ0) is 49.7. The second kappa shape index (κ2) is 28.7. The van der Waals surface area contributed by atoms with Crippen molar-refractivity contribution in [3.05, 3.63) is 24.8 Å². The summed E-state index contributed by atoms with van der Waals surface area (Å²) in [5.74, 6) is -1.00. The highest BCUT2D eigenvalue weighted by Crippen LogP contribution is 2.50. The lowest BCUT2D eigenvalue weighted by Gasteiger charge is -2.29. The molecule has 28 nitrogen and oxygen atoms in total. The van der Waals surface area contributed by atoms with Crippen molar-refractivity contribution >= 4 is 69.1 Å². The van der Waals surface area contributed by atoms with Crippen LogP contribution in [0.1, 0.15) is 97.6 Å². The Labute approximate surface area is 389 Å². The van der Waals surface area contributed by atoms with E-state index in [9.17, 15) is 57.9 Å². The SMILES string of the molecule is CC/C=C/CCCCCCCCCC(=O)SCCNC(=O)CCNC(=O)[C@H](O)C(C)(C)COP(=O)(O)OOOP(=O)(O)OOOC[C@H]1O[C@@H](n2cnc3c(N)ncnc32)C(O)[C@H]1OP(=O)(O)O. The van der Waals surface area contributed by atoms with E-state index >= 15 is 0 Å². The summed E-state index contributed by atoms with van der Waals surface area (Å²) in [6, 6.07) is 0. The number of unbranched alkanes of at least 4 members (excludes halogenated alkanes) is 7. The van der Waals surface area contributed by atoms with Crippen molar-refractivity contribution in [1.82, 2.24) is 30.2 Å². The van der Waals surface area contributed by atoms with Crippen LogP contribution in [0.4, 0.5) is 5.82 Å². The van der Waals surface area contributed by atoms with Crippen LogP contribution < -0.4 is 16.4 Å². The normalized spacial score (nSPS) is 20.2. The Hall–Kier alpha value is -2.86. The first kappa shape index (κ1) is 58.5. The molecule has 32 heteroatoms. The highest BCUT2D eigenvalue weighted by atomic mass is 32.2. The van der Waals surface area contributed by atoms with Crippen LogP contribution in [0, 0.1) is 5.41 Å². The number of amides is 2. The lowest BCUT2D eigenvalue weighted by atomic mass is 9.87. The number of nitrogens with one attached hydrogen (secondary N) is 2. The molecule has 0 bridgehead atoms. The number of ether oxygens (including phenoxy) is 1. The first-order chi connectivity index (χ1) is 31.6. The van der Waals surface area contributed by atoms with Crippen molar-refractivity contribution in [2.24, 2.45) is 5.41 Å². The molecule has 3 unspecified atom stereocenters. The third-order valence-corrected chi connectivity index (χ3v) is 12.1. The van der Waals surface area contributed by atoms with Crippen molar-refractivity contribution in [3.8, 4) is 0 Å². The maximum atomic E-state index is 12.6. The Morgan fingerprint density at radius 2 is 1.60 bits per heavy atom. The Kier molecular flexibility index (Phi) is 25.1. The number of aliphatic hydroxyl groups is 2. The minimum atomic E-state index is -5.51. The molecule has 2 aromatic rings. The molecule has 7 atom stereocenters. The highest BCUT2D eigenvalue weighted by molar-refractivity contribution is 8.13. The Balaban J connectivity index is 1.28. The summed E-state index contributed by atoms with van der Waals surface area (Å²) in [6.07, 6.45) is 8.35. The number of hydrogen-bond donors (Lipinski definition) is 9. The molecule has 67 heavy (non-hydrogen) atoms. The van der Waals surface area contributed by atoms with E-state index in [0.717, 1.165) is 67.5 Å². The van der Waals surface area contributed by atoms with Crippen LogP contribution in [0.3, 0.4) is 0 Å². The van der Waals surface area contributed by atoms with Gasteiger partial charge in [-0.05, 0) is 30.7 Å². The summed E-state index contributed by atoms with van der Waals surface area (Å²) in [5.41, 5.74) is 4.36. The van der Waals surface area contributed by atoms with Gasteiger partial charge in [-0.25, -0.2) is 33.5 Å². The number of imidazole rings is 1. The fourth-order valence-electron chi connectivity index (χ4n) is 6.00. The van der Waals surface area contributed by atoms with Crippen LogP contribution >= 0.6 is 35.2 Å². The fraction of sp³-hybridized carbons (Fsp3) is 0.714. The molecule has 0 saturated carbocycles. The molecule has 0 radical (unpaired) electrons. The maximum absolute atomic E-state index is 12.6. The number of thioether (sulfide) groups is 1. The quantitative estimate of drug-likeness (QED) is 0.0160. The van der Waals surface area contributed by atoms with E-state index in [0.29, 0.717) is 12.2 Å². The van der Waals surface area contributed by atoms with Gasteiger partial charge < -0.3 is 46.0 Å². The first-order valence-electron chi connectivity index (χ1n) is 20.9. The molecule has 1 saturated heterocycles. The van der Waals surface area contributed by atoms with Crippen LogP contribution in [-0.4, -0.2) is 123 Å². The standard InChI is InChI=1S/C35H60N7O21P3S/c1-4-5-6-7-8-9-10-11-12-13-14-15-26(44)67-19-18-37-25(43)16-17-38-33(47)30(46)35(2,3)21-56-65(51,52)62-60-63-66(53,54)61-59-55-20-24-29(58-64(48,49)50)28(45)34(57-24)42-23-41-27-31(36)39-22-40-32(27)42/h5-6,22-24,28-30,34,45-46H,4,7-21H2,1-3H3,(H,37,43)(H,38,47)(H,51,52)(H,53,54)(H2,36,39,40)(H2,48,49,50)/b6-5+/t24-,28?,29+,30+,34-/m1/s1. The van der Waals surface area contributed by atoms with E-state index in [1.165, 1.54) is 33.1 Å². The van der Waals surface area contributed by atoms with Gasteiger partial charge in [-0.2, -0.15) is 0 Å². The molecule has 3 rings (SSSR count). The van der Waals surface area contributed by atoms with Crippen LogP contribution in [0.5, 0.6) is 0 Å². The highest BCUT2D eigenvalue weighted by Gasteiger charge is 2.49. The van der Waals surface area contributed by atoms with Gasteiger partial charge in [0.25, 0.3) is 0 Å². The number of aromatic nitrogens is 4. The zero-order valence-corrected chi connectivity index (χ0v) is 40.4. The average Bonchev–Trinajstić information content (AvgIpc) is 3.82. The van der Waals surface area contributed by atoms with Gasteiger partial charge in [0.05, 0.1) is 12.9 Å². The van der Waals surface area contributed by atoms with Crippen molar-refractivity contribution in [2.75, 3.05) is 37.8 Å². The number of phosphoric ester groups is 2. The van der Waals surface area contributed by atoms with E-state index in [2.05, 4.69) is 82.7 Å². The number of fused-ring (bicyclic) bond motifs is 1. The topological polar surface area (TPSA) is 401 Å². The number of nitrogens with two attached hydrogens (primary N) is 1. The summed E-state index contributed by atoms with van der Waals surface area (Å²) in [4.78, 5) is 91.6. The number of anilines is 1. The van der Waals surface area contributed by atoms with Crippen LogP contribution in [-0.2, 0) is 70.9 Å². The second-order valence-electron chi connectivity index (χ2n) is 15.4. The number of phosphoric acid groups is 3.